The van der Waals surface area contributed by atoms with E-state index < -0.39 is 0 Å². The van der Waals surface area contributed by atoms with E-state index in [0.717, 1.165) is 49.1 Å². The molecule has 0 radical (unpaired) electrons. The largest absolute Gasteiger partial charge is 0.454 e. The van der Waals surface area contributed by atoms with Gasteiger partial charge in [-0.1, -0.05) is 18.2 Å². The predicted molar refractivity (Wildman–Crippen MR) is 90.3 cm³/mol. The molecular weight excluding hydrogens is 320 g/mol. The van der Waals surface area contributed by atoms with Crippen molar-refractivity contribution in [2.75, 3.05) is 26.8 Å². The molecule has 5 nitrogen and oxygen atoms in total. The van der Waals surface area contributed by atoms with Gasteiger partial charge in [-0.3, -0.25) is 0 Å². The lowest BCUT2D eigenvalue weighted by Crippen LogP contribution is -2.18. The summed E-state index contributed by atoms with van der Waals surface area (Å²) in [5, 5.41) is 0. The lowest BCUT2D eigenvalue weighted by atomic mass is 9.85. The fraction of sp³-hybridized carbons (Fsp3) is 0.400. The highest BCUT2D eigenvalue weighted by Crippen LogP contribution is 2.39. The second-order valence-corrected chi connectivity index (χ2v) is 6.80. The predicted octanol–water partition coefficient (Wildman–Crippen LogP) is 3.19. The van der Waals surface area contributed by atoms with Gasteiger partial charge in [0.05, 0.1) is 13.2 Å². The monoisotopic (exact) mass is 340 g/mol. The van der Waals surface area contributed by atoms with Gasteiger partial charge in [-0.05, 0) is 54.0 Å². The zero-order valence-corrected chi connectivity index (χ0v) is 13.9. The normalized spacial score (nSPS) is 23.2. The Morgan fingerprint density at radius 2 is 1.56 bits per heavy atom. The molecule has 130 valence electrons. The molecule has 2 atom stereocenters. The molecular formula is C20H20O5. The van der Waals surface area contributed by atoms with Gasteiger partial charge in [0.15, 0.2) is 23.0 Å². The van der Waals surface area contributed by atoms with Crippen molar-refractivity contribution in [3.8, 4) is 23.0 Å². The van der Waals surface area contributed by atoms with E-state index in [0.29, 0.717) is 25.4 Å². The number of hydrogen-bond acceptors (Lipinski definition) is 5. The first-order valence-electron chi connectivity index (χ1n) is 8.70. The molecule has 3 aliphatic heterocycles. The van der Waals surface area contributed by atoms with E-state index in [4.69, 9.17) is 23.7 Å². The minimum atomic E-state index is 0.314. The summed E-state index contributed by atoms with van der Waals surface area (Å²) >= 11 is 0. The highest BCUT2D eigenvalue weighted by atomic mass is 16.7. The van der Waals surface area contributed by atoms with Gasteiger partial charge in [-0.15, -0.1) is 0 Å². The third-order valence-electron chi connectivity index (χ3n) is 5.23. The summed E-state index contributed by atoms with van der Waals surface area (Å²) in [7, 11) is 0. The molecule has 0 amide bonds. The van der Waals surface area contributed by atoms with Gasteiger partial charge in [0.25, 0.3) is 0 Å². The third kappa shape index (κ3) is 2.78. The van der Waals surface area contributed by atoms with E-state index in [-0.39, 0.29) is 0 Å². The van der Waals surface area contributed by atoms with Gasteiger partial charge >= 0.3 is 0 Å². The lowest BCUT2D eigenvalue weighted by Gasteiger charge is -2.18. The maximum absolute atomic E-state index is 5.80. The van der Waals surface area contributed by atoms with Crippen molar-refractivity contribution in [2.24, 2.45) is 11.8 Å². The Labute approximate surface area is 146 Å². The molecule has 5 heteroatoms. The van der Waals surface area contributed by atoms with Crippen LogP contribution in [0.5, 0.6) is 23.0 Å². The second-order valence-electron chi connectivity index (χ2n) is 6.80. The number of para-hydroxylation sites is 1. The van der Waals surface area contributed by atoms with Crippen LogP contribution in [0.4, 0.5) is 0 Å². The van der Waals surface area contributed by atoms with Gasteiger partial charge in [-0.2, -0.15) is 0 Å². The van der Waals surface area contributed by atoms with Gasteiger partial charge in [0.1, 0.15) is 0 Å². The summed E-state index contributed by atoms with van der Waals surface area (Å²) in [4.78, 5) is 0. The molecule has 1 saturated heterocycles. The van der Waals surface area contributed by atoms with Crippen molar-refractivity contribution in [3.05, 3.63) is 47.5 Å². The Hall–Kier alpha value is -2.40. The van der Waals surface area contributed by atoms with Crippen LogP contribution in [0.25, 0.3) is 0 Å². The van der Waals surface area contributed by atoms with Crippen molar-refractivity contribution >= 4 is 0 Å². The average molecular weight is 340 g/mol. The number of rotatable bonds is 4. The molecule has 0 bridgehead atoms. The van der Waals surface area contributed by atoms with Gasteiger partial charge in [0, 0.05) is 0 Å². The highest BCUT2D eigenvalue weighted by Gasteiger charge is 2.31. The minimum absolute atomic E-state index is 0.314. The second kappa shape index (κ2) is 6.15. The number of benzene rings is 2. The summed E-state index contributed by atoms with van der Waals surface area (Å²) in [6, 6.07) is 12.3. The first kappa shape index (κ1) is 14.9. The molecule has 2 aromatic carbocycles. The SMILES string of the molecule is c1cc(CC2COCC2Cc2ccc3c(c2)OCO3)c2c(c1)OCO2. The van der Waals surface area contributed by atoms with Gasteiger partial charge in [0.2, 0.25) is 13.6 Å². The van der Waals surface area contributed by atoms with Crippen LogP contribution in [0.15, 0.2) is 36.4 Å². The molecule has 1 fully saturated rings. The molecule has 0 aliphatic carbocycles. The molecule has 0 N–H and O–H groups in total. The highest BCUT2D eigenvalue weighted by molar-refractivity contribution is 5.48. The molecule has 2 aromatic rings. The quantitative estimate of drug-likeness (QED) is 0.855. The van der Waals surface area contributed by atoms with Crippen LogP contribution < -0.4 is 18.9 Å². The standard InChI is InChI=1S/C20H20O5/c1-2-14(20-18(3-1)23-12-25-20)8-16-10-21-9-15(16)6-13-4-5-17-19(7-13)24-11-22-17/h1-5,7,15-16H,6,8-12H2. The van der Waals surface area contributed by atoms with Crippen LogP contribution in [0.3, 0.4) is 0 Å². The molecule has 0 spiro atoms. The van der Waals surface area contributed by atoms with E-state index in [1.54, 1.807) is 0 Å². The van der Waals surface area contributed by atoms with E-state index in [9.17, 15) is 0 Å². The Morgan fingerprint density at radius 3 is 2.52 bits per heavy atom. The number of fused-ring (bicyclic) bond motifs is 2. The summed E-state index contributed by atoms with van der Waals surface area (Å²) < 4.78 is 27.8. The summed E-state index contributed by atoms with van der Waals surface area (Å²) in [5.41, 5.74) is 2.48. The molecule has 5 rings (SSSR count). The average Bonchev–Trinajstić information content (AvgIpc) is 3.35. The zero-order chi connectivity index (χ0) is 16.6. The van der Waals surface area contributed by atoms with Crippen LogP contribution in [-0.2, 0) is 17.6 Å². The molecule has 2 unspecified atom stereocenters. The summed E-state index contributed by atoms with van der Waals surface area (Å²) in [6.07, 6.45) is 1.93. The van der Waals surface area contributed by atoms with Crippen molar-refractivity contribution in [2.45, 2.75) is 12.8 Å². The third-order valence-corrected chi connectivity index (χ3v) is 5.23. The van der Waals surface area contributed by atoms with Crippen molar-refractivity contribution in [1.82, 2.24) is 0 Å². The molecule has 0 aromatic heterocycles. The Bertz CT molecular complexity index is 788. The molecule has 3 heterocycles. The summed E-state index contributed by atoms with van der Waals surface area (Å²) in [5.74, 6) is 4.39. The fourth-order valence-electron chi connectivity index (χ4n) is 3.90. The Balaban J connectivity index is 1.32. The number of ether oxygens (including phenoxy) is 5. The van der Waals surface area contributed by atoms with E-state index >= 15 is 0 Å². The maximum atomic E-state index is 5.80. The van der Waals surface area contributed by atoms with Crippen LogP contribution >= 0.6 is 0 Å². The molecule has 0 saturated carbocycles. The molecule has 25 heavy (non-hydrogen) atoms. The Kier molecular flexibility index (Phi) is 3.67. The van der Waals surface area contributed by atoms with Crippen LogP contribution in [-0.4, -0.2) is 26.8 Å². The molecule has 3 aliphatic rings. The van der Waals surface area contributed by atoms with Crippen LogP contribution in [0, 0.1) is 11.8 Å². The van der Waals surface area contributed by atoms with Crippen molar-refractivity contribution in [3.63, 3.8) is 0 Å². The minimum Gasteiger partial charge on any atom is -0.454 e. The fourth-order valence-corrected chi connectivity index (χ4v) is 3.90. The smallest absolute Gasteiger partial charge is 0.231 e. The van der Waals surface area contributed by atoms with Gasteiger partial charge in [-0.25, -0.2) is 0 Å². The van der Waals surface area contributed by atoms with Crippen LogP contribution in [0.1, 0.15) is 11.1 Å². The van der Waals surface area contributed by atoms with Gasteiger partial charge < -0.3 is 23.7 Å². The first-order valence-corrected chi connectivity index (χ1v) is 8.70. The van der Waals surface area contributed by atoms with E-state index in [1.165, 1.54) is 11.1 Å². The number of hydrogen-bond donors (Lipinski definition) is 0. The van der Waals surface area contributed by atoms with Crippen LogP contribution in [0.2, 0.25) is 0 Å². The maximum Gasteiger partial charge on any atom is 0.231 e. The van der Waals surface area contributed by atoms with E-state index in [1.807, 2.05) is 18.2 Å². The topological polar surface area (TPSA) is 46.2 Å². The zero-order valence-electron chi connectivity index (χ0n) is 13.9. The van der Waals surface area contributed by atoms with E-state index in [2.05, 4.69) is 18.2 Å². The lowest BCUT2D eigenvalue weighted by molar-refractivity contribution is 0.172. The Morgan fingerprint density at radius 1 is 0.760 bits per heavy atom. The van der Waals surface area contributed by atoms with Crippen molar-refractivity contribution < 1.29 is 23.7 Å². The van der Waals surface area contributed by atoms with Crippen molar-refractivity contribution in [1.29, 1.82) is 0 Å². The first-order chi connectivity index (χ1) is 12.4. The summed E-state index contributed by atoms with van der Waals surface area (Å²) in [6.45, 7) is 2.22.